The Hall–Kier alpha value is -0.970. The van der Waals surface area contributed by atoms with Gasteiger partial charge in [0.1, 0.15) is 5.71 Å². The normalized spacial score (nSPS) is 26.2. The minimum atomic E-state index is -1.30. The fourth-order valence-electron chi connectivity index (χ4n) is 1.04. The molecule has 0 saturated heterocycles. The van der Waals surface area contributed by atoms with Gasteiger partial charge in [-0.2, -0.15) is 0 Å². The van der Waals surface area contributed by atoms with E-state index < -0.39 is 21.5 Å². The van der Waals surface area contributed by atoms with E-state index in [1.54, 1.807) is 20.8 Å². The van der Waals surface area contributed by atoms with Crippen LogP contribution in [0.1, 0.15) is 20.8 Å². The lowest BCUT2D eigenvalue weighted by molar-refractivity contribution is -0.129. The van der Waals surface area contributed by atoms with Crippen molar-refractivity contribution in [3.05, 3.63) is 11.1 Å². The Bertz CT molecular complexity index is 341. The molecule has 0 fully saturated rings. The monoisotopic (exact) mass is 201 g/mol. The highest BCUT2D eigenvalue weighted by Gasteiger charge is 2.38. The topological polar surface area (TPSA) is 66.7 Å². The molecule has 1 aliphatic rings. The Morgan fingerprint density at radius 2 is 2.15 bits per heavy atom. The van der Waals surface area contributed by atoms with E-state index in [1.165, 1.54) is 5.41 Å². The van der Waals surface area contributed by atoms with Gasteiger partial charge in [-0.1, -0.05) is 0 Å². The number of allylic oxidation sites excluding steroid dienone is 1. The molecule has 5 heteroatoms. The molecule has 0 saturated carbocycles. The minimum absolute atomic E-state index is 0.0363. The molecule has 0 bridgehead atoms. The highest BCUT2D eigenvalue weighted by Crippen LogP contribution is 2.23. The fraction of sp³-hybridized carbons (Fsp3) is 0.500. The number of carboxylic acid groups (broad SMARTS) is 1. The summed E-state index contributed by atoms with van der Waals surface area (Å²) in [7, 11) is -1.30. The third kappa shape index (κ3) is 1.70. The lowest BCUT2D eigenvalue weighted by Crippen LogP contribution is -2.42. The van der Waals surface area contributed by atoms with Crippen LogP contribution in [0.15, 0.2) is 16.1 Å². The van der Waals surface area contributed by atoms with Crippen molar-refractivity contribution < 1.29 is 14.1 Å². The van der Waals surface area contributed by atoms with Crippen LogP contribution in [0.4, 0.5) is 0 Å². The highest BCUT2D eigenvalue weighted by molar-refractivity contribution is 7.90. The van der Waals surface area contributed by atoms with Crippen molar-refractivity contribution in [3.63, 3.8) is 0 Å². The predicted octanol–water partition coefficient (Wildman–Crippen LogP) is 0.914. The molecule has 1 rings (SSSR count). The van der Waals surface area contributed by atoms with Crippen molar-refractivity contribution in [1.82, 2.24) is 0 Å². The molecule has 0 aromatic heterocycles. The van der Waals surface area contributed by atoms with Gasteiger partial charge in [-0.05, 0) is 20.8 Å². The zero-order chi connectivity index (χ0) is 10.2. The van der Waals surface area contributed by atoms with E-state index in [0.29, 0.717) is 5.70 Å². The Kier molecular flexibility index (Phi) is 2.38. The second-order valence-corrected chi connectivity index (χ2v) is 5.18. The summed E-state index contributed by atoms with van der Waals surface area (Å²) in [6, 6.07) is 0. The molecular formula is C8H11NO3S. The highest BCUT2D eigenvalue weighted by atomic mass is 32.2. The SMILES string of the molecule is CC1=CS(=O)C(C)(C)C(C(=O)O)=N1. The summed E-state index contributed by atoms with van der Waals surface area (Å²) in [5.74, 6) is -1.11. The molecule has 1 heterocycles. The van der Waals surface area contributed by atoms with Gasteiger partial charge >= 0.3 is 5.97 Å². The second kappa shape index (κ2) is 3.06. The Morgan fingerprint density at radius 1 is 1.62 bits per heavy atom. The first kappa shape index (κ1) is 10.1. The number of aliphatic imine (C=N–C) groups is 1. The van der Waals surface area contributed by atoms with Crippen LogP contribution in [0.5, 0.6) is 0 Å². The first-order valence-electron chi connectivity index (χ1n) is 3.77. The van der Waals surface area contributed by atoms with E-state index in [2.05, 4.69) is 4.99 Å². The number of hydrogen-bond donors (Lipinski definition) is 1. The molecule has 72 valence electrons. The van der Waals surface area contributed by atoms with E-state index in [4.69, 9.17) is 5.11 Å². The summed E-state index contributed by atoms with van der Waals surface area (Å²) in [5.41, 5.74) is 0.459. The van der Waals surface area contributed by atoms with Crippen LogP contribution in [0.3, 0.4) is 0 Å². The molecule has 0 amide bonds. The predicted molar refractivity (Wildman–Crippen MR) is 51.0 cm³/mol. The summed E-state index contributed by atoms with van der Waals surface area (Å²) in [6.07, 6.45) is 0. The van der Waals surface area contributed by atoms with E-state index in [-0.39, 0.29) is 5.71 Å². The van der Waals surface area contributed by atoms with E-state index in [0.717, 1.165) is 0 Å². The number of aliphatic carboxylic acids is 1. The zero-order valence-corrected chi connectivity index (χ0v) is 8.51. The van der Waals surface area contributed by atoms with E-state index >= 15 is 0 Å². The number of nitrogens with zero attached hydrogens (tertiary/aromatic N) is 1. The minimum Gasteiger partial charge on any atom is -0.477 e. The van der Waals surface area contributed by atoms with Crippen molar-refractivity contribution in [1.29, 1.82) is 0 Å². The average Bonchev–Trinajstić information content (AvgIpc) is 1.96. The largest absolute Gasteiger partial charge is 0.477 e. The summed E-state index contributed by atoms with van der Waals surface area (Å²) in [6.45, 7) is 4.86. The van der Waals surface area contributed by atoms with Gasteiger partial charge in [-0.25, -0.2) is 9.79 Å². The third-order valence-electron chi connectivity index (χ3n) is 1.84. The standard InChI is InChI=1S/C8H11NO3S/c1-5-4-13(12)8(2,3)6(9-5)7(10)11/h4H,1-3H3,(H,10,11). The molecule has 0 aromatic carbocycles. The Balaban J connectivity index is 3.24. The van der Waals surface area contributed by atoms with Gasteiger partial charge in [0.25, 0.3) is 0 Å². The molecular weight excluding hydrogens is 190 g/mol. The molecule has 0 radical (unpaired) electrons. The maximum atomic E-state index is 11.5. The number of carbonyl (C=O) groups is 1. The van der Waals surface area contributed by atoms with Crippen LogP contribution >= 0.6 is 0 Å². The number of hydrogen-bond acceptors (Lipinski definition) is 3. The second-order valence-electron chi connectivity index (χ2n) is 3.33. The lowest BCUT2D eigenvalue weighted by Gasteiger charge is -2.24. The van der Waals surface area contributed by atoms with Crippen LogP contribution in [0.25, 0.3) is 0 Å². The quantitative estimate of drug-likeness (QED) is 0.685. The summed E-state index contributed by atoms with van der Waals surface area (Å²) in [5, 5.41) is 10.3. The van der Waals surface area contributed by atoms with Gasteiger partial charge in [0.15, 0.2) is 0 Å². The average molecular weight is 201 g/mol. The molecule has 0 spiro atoms. The third-order valence-corrected chi connectivity index (χ3v) is 3.60. The lowest BCUT2D eigenvalue weighted by atomic mass is 10.1. The van der Waals surface area contributed by atoms with Crippen LogP contribution in [-0.4, -0.2) is 25.7 Å². The van der Waals surface area contributed by atoms with Crippen LogP contribution in [-0.2, 0) is 15.6 Å². The van der Waals surface area contributed by atoms with Crippen molar-refractivity contribution in [2.75, 3.05) is 0 Å². The number of carboxylic acids is 1. The van der Waals surface area contributed by atoms with Crippen molar-refractivity contribution >= 4 is 22.5 Å². The fourth-order valence-corrected chi connectivity index (χ4v) is 2.02. The van der Waals surface area contributed by atoms with Crippen molar-refractivity contribution in [3.8, 4) is 0 Å². The smallest absolute Gasteiger partial charge is 0.351 e. The molecule has 1 aliphatic heterocycles. The summed E-state index contributed by atoms with van der Waals surface area (Å²) >= 11 is 0. The van der Waals surface area contributed by atoms with Crippen molar-refractivity contribution in [2.45, 2.75) is 25.5 Å². The number of rotatable bonds is 1. The summed E-state index contributed by atoms with van der Waals surface area (Å²) < 4.78 is 10.6. The maximum Gasteiger partial charge on any atom is 0.351 e. The Labute approximate surface area is 78.8 Å². The van der Waals surface area contributed by atoms with Gasteiger partial charge in [-0.15, -0.1) is 0 Å². The van der Waals surface area contributed by atoms with Gasteiger partial charge in [0, 0.05) is 11.1 Å². The molecule has 13 heavy (non-hydrogen) atoms. The molecule has 4 nitrogen and oxygen atoms in total. The van der Waals surface area contributed by atoms with E-state index in [1.807, 2.05) is 0 Å². The molecule has 0 aromatic rings. The molecule has 1 unspecified atom stereocenters. The molecule has 1 atom stereocenters. The molecule has 1 N–H and O–H groups in total. The first-order valence-corrected chi connectivity index (χ1v) is 4.98. The van der Waals surface area contributed by atoms with Gasteiger partial charge in [-0.3, -0.25) is 4.21 Å². The summed E-state index contributed by atoms with van der Waals surface area (Å²) in [4.78, 5) is 14.6. The van der Waals surface area contributed by atoms with Gasteiger partial charge < -0.3 is 5.11 Å². The van der Waals surface area contributed by atoms with Gasteiger partial charge in [0.2, 0.25) is 0 Å². The van der Waals surface area contributed by atoms with Crippen LogP contribution < -0.4 is 0 Å². The van der Waals surface area contributed by atoms with Gasteiger partial charge in [0.05, 0.1) is 15.5 Å². The van der Waals surface area contributed by atoms with Crippen LogP contribution in [0, 0.1) is 0 Å². The Morgan fingerprint density at radius 3 is 2.62 bits per heavy atom. The van der Waals surface area contributed by atoms with E-state index in [9.17, 15) is 9.00 Å². The van der Waals surface area contributed by atoms with Crippen LogP contribution in [0.2, 0.25) is 0 Å². The first-order chi connectivity index (χ1) is 5.85. The maximum absolute atomic E-state index is 11.5. The van der Waals surface area contributed by atoms with Crippen molar-refractivity contribution in [2.24, 2.45) is 4.99 Å². The molecule has 0 aliphatic carbocycles. The zero-order valence-electron chi connectivity index (χ0n) is 7.70.